The van der Waals surface area contributed by atoms with Crippen LogP contribution in [-0.2, 0) is 19.1 Å². The largest absolute Gasteiger partial charge is 0.481 e. The van der Waals surface area contributed by atoms with Crippen LogP contribution in [0.4, 0.5) is 0 Å². The van der Waals surface area contributed by atoms with Crippen molar-refractivity contribution in [2.45, 2.75) is 56.1 Å². The highest BCUT2D eigenvalue weighted by Crippen LogP contribution is 2.29. The maximum atomic E-state index is 13.2. The number of nitrogens with two attached hydrogens (primary N) is 1. The standard InChI is InChI=1S/C20H29N3O5/c1-28-13-16(14-8-4-2-5-9-14)22-19(27)20(10-6-3-7-11-20)23-18(26)15(21)12-17(24)25/h2,4-5,8-9,15-16H,3,6-7,10-13,21H2,1H3,(H,22,27)(H,23,26)(H,24,25)/t15-,16-/m0/s1. The molecule has 8 heteroatoms. The number of aliphatic carboxylic acids is 1. The minimum absolute atomic E-state index is 0.290. The van der Waals surface area contributed by atoms with Gasteiger partial charge in [-0.15, -0.1) is 0 Å². The number of carboxylic acids is 1. The van der Waals surface area contributed by atoms with Gasteiger partial charge in [-0.1, -0.05) is 49.6 Å². The van der Waals surface area contributed by atoms with E-state index in [1.807, 2.05) is 30.3 Å². The van der Waals surface area contributed by atoms with Crippen LogP contribution in [-0.4, -0.2) is 48.2 Å². The highest BCUT2D eigenvalue weighted by atomic mass is 16.5. The van der Waals surface area contributed by atoms with E-state index in [2.05, 4.69) is 10.6 Å². The minimum Gasteiger partial charge on any atom is -0.481 e. The van der Waals surface area contributed by atoms with Crippen LogP contribution in [0.1, 0.15) is 50.1 Å². The Morgan fingerprint density at radius 1 is 1.18 bits per heavy atom. The molecule has 5 N–H and O–H groups in total. The van der Waals surface area contributed by atoms with Crippen molar-refractivity contribution in [2.24, 2.45) is 5.73 Å². The SMILES string of the molecule is COC[C@H](NC(=O)C1(NC(=O)[C@@H](N)CC(=O)O)CCCCC1)c1ccccc1. The highest BCUT2D eigenvalue weighted by molar-refractivity contribution is 5.94. The van der Waals surface area contributed by atoms with Gasteiger partial charge in [0, 0.05) is 7.11 Å². The number of carboxylic acid groups (broad SMARTS) is 1. The number of amides is 2. The van der Waals surface area contributed by atoms with Gasteiger partial charge in [-0.3, -0.25) is 14.4 Å². The first kappa shape index (κ1) is 21.8. The molecule has 0 heterocycles. The van der Waals surface area contributed by atoms with Crippen molar-refractivity contribution < 1.29 is 24.2 Å². The van der Waals surface area contributed by atoms with E-state index in [0.717, 1.165) is 24.8 Å². The third kappa shape index (κ3) is 5.77. The van der Waals surface area contributed by atoms with E-state index < -0.39 is 29.9 Å². The summed E-state index contributed by atoms with van der Waals surface area (Å²) in [5, 5.41) is 14.6. The van der Waals surface area contributed by atoms with E-state index in [0.29, 0.717) is 12.8 Å². The second-order valence-electron chi connectivity index (χ2n) is 7.23. The van der Waals surface area contributed by atoms with Crippen LogP contribution in [0.25, 0.3) is 0 Å². The second-order valence-corrected chi connectivity index (χ2v) is 7.23. The predicted octanol–water partition coefficient (Wildman–Crippen LogP) is 1.11. The van der Waals surface area contributed by atoms with Gasteiger partial charge in [0.1, 0.15) is 5.54 Å². The van der Waals surface area contributed by atoms with E-state index in [-0.39, 0.29) is 18.6 Å². The van der Waals surface area contributed by atoms with Gasteiger partial charge in [-0.25, -0.2) is 0 Å². The molecule has 0 aliphatic heterocycles. The fraction of sp³-hybridized carbons (Fsp3) is 0.550. The molecule has 0 bridgehead atoms. The van der Waals surface area contributed by atoms with Crippen molar-refractivity contribution in [1.82, 2.24) is 10.6 Å². The third-order valence-corrected chi connectivity index (χ3v) is 5.08. The maximum absolute atomic E-state index is 13.2. The molecule has 0 radical (unpaired) electrons. The number of carbonyl (C=O) groups is 3. The van der Waals surface area contributed by atoms with Crippen molar-refractivity contribution in [3.05, 3.63) is 35.9 Å². The van der Waals surface area contributed by atoms with Gasteiger partial charge in [-0.2, -0.15) is 0 Å². The summed E-state index contributed by atoms with van der Waals surface area (Å²) in [6.07, 6.45) is 3.05. The molecule has 8 nitrogen and oxygen atoms in total. The van der Waals surface area contributed by atoms with Crippen LogP contribution in [0.5, 0.6) is 0 Å². The van der Waals surface area contributed by atoms with Crippen LogP contribution in [0.15, 0.2) is 30.3 Å². The summed E-state index contributed by atoms with van der Waals surface area (Å²) in [7, 11) is 1.56. The van der Waals surface area contributed by atoms with Gasteiger partial charge >= 0.3 is 5.97 Å². The molecule has 1 aromatic carbocycles. The summed E-state index contributed by atoms with van der Waals surface area (Å²) in [5.41, 5.74) is 5.50. The van der Waals surface area contributed by atoms with Crippen molar-refractivity contribution in [2.75, 3.05) is 13.7 Å². The lowest BCUT2D eigenvalue weighted by atomic mass is 9.80. The molecule has 1 aromatic rings. The summed E-state index contributed by atoms with van der Waals surface area (Å²) in [5.74, 6) is -2.08. The Labute approximate surface area is 164 Å². The van der Waals surface area contributed by atoms with Crippen LogP contribution < -0.4 is 16.4 Å². The monoisotopic (exact) mass is 391 g/mol. The molecule has 154 valence electrons. The van der Waals surface area contributed by atoms with Crippen LogP contribution in [0, 0.1) is 0 Å². The fourth-order valence-corrected chi connectivity index (χ4v) is 3.54. The Hall–Kier alpha value is -2.45. The zero-order chi connectivity index (χ0) is 20.6. The molecule has 2 atom stereocenters. The molecule has 1 saturated carbocycles. The number of carbonyl (C=O) groups excluding carboxylic acids is 2. The Morgan fingerprint density at radius 3 is 2.39 bits per heavy atom. The first-order valence-electron chi connectivity index (χ1n) is 9.52. The summed E-state index contributed by atoms with van der Waals surface area (Å²) in [4.78, 5) is 36.5. The summed E-state index contributed by atoms with van der Waals surface area (Å²) in [6.45, 7) is 0.290. The third-order valence-electron chi connectivity index (χ3n) is 5.08. The number of hydrogen-bond donors (Lipinski definition) is 4. The average molecular weight is 391 g/mol. The molecule has 0 aromatic heterocycles. The van der Waals surface area contributed by atoms with Crippen molar-refractivity contribution >= 4 is 17.8 Å². The Bertz CT molecular complexity index is 674. The number of rotatable bonds is 9. The zero-order valence-electron chi connectivity index (χ0n) is 16.1. The highest BCUT2D eigenvalue weighted by Gasteiger charge is 2.42. The molecular weight excluding hydrogens is 362 g/mol. The molecule has 1 aliphatic rings. The number of nitrogens with one attached hydrogen (secondary N) is 2. The average Bonchev–Trinajstić information content (AvgIpc) is 2.68. The summed E-state index contributed by atoms with van der Waals surface area (Å²) < 4.78 is 5.26. The van der Waals surface area contributed by atoms with Gasteiger partial charge in [0.05, 0.1) is 25.1 Å². The summed E-state index contributed by atoms with van der Waals surface area (Å²) >= 11 is 0. The lowest BCUT2D eigenvalue weighted by Crippen LogP contribution is -2.62. The molecule has 0 spiro atoms. The lowest BCUT2D eigenvalue weighted by Gasteiger charge is -2.38. The Morgan fingerprint density at radius 2 is 1.82 bits per heavy atom. The minimum atomic E-state index is -1.20. The maximum Gasteiger partial charge on any atom is 0.305 e. The topological polar surface area (TPSA) is 131 Å². The van der Waals surface area contributed by atoms with Crippen molar-refractivity contribution in [3.8, 4) is 0 Å². The molecule has 2 amide bonds. The first-order valence-corrected chi connectivity index (χ1v) is 9.52. The van der Waals surface area contributed by atoms with Crippen LogP contribution in [0.3, 0.4) is 0 Å². The van der Waals surface area contributed by atoms with Crippen LogP contribution >= 0.6 is 0 Å². The molecule has 1 aliphatic carbocycles. The summed E-state index contributed by atoms with van der Waals surface area (Å²) in [6, 6.07) is 7.90. The second kappa shape index (κ2) is 10.2. The van der Waals surface area contributed by atoms with Gasteiger partial charge in [0.15, 0.2) is 0 Å². The van der Waals surface area contributed by atoms with E-state index >= 15 is 0 Å². The van der Waals surface area contributed by atoms with Crippen molar-refractivity contribution in [1.29, 1.82) is 0 Å². The van der Waals surface area contributed by atoms with Gasteiger partial charge in [0.2, 0.25) is 11.8 Å². The number of hydrogen-bond acceptors (Lipinski definition) is 5. The quantitative estimate of drug-likeness (QED) is 0.499. The number of ether oxygens (including phenoxy) is 1. The lowest BCUT2D eigenvalue weighted by molar-refractivity contribution is -0.141. The van der Waals surface area contributed by atoms with E-state index in [9.17, 15) is 14.4 Å². The predicted molar refractivity (Wildman–Crippen MR) is 103 cm³/mol. The van der Waals surface area contributed by atoms with Gasteiger partial charge in [0.25, 0.3) is 0 Å². The van der Waals surface area contributed by atoms with E-state index in [4.69, 9.17) is 15.6 Å². The Balaban J connectivity index is 2.17. The first-order chi connectivity index (χ1) is 13.4. The zero-order valence-corrected chi connectivity index (χ0v) is 16.1. The molecule has 0 unspecified atom stereocenters. The number of methoxy groups -OCH3 is 1. The van der Waals surface area contributed by atoms with Crippen molar-refractivity contribution in [3.63, 3.8) is 0 Å². The van der Waals surface area contributed by atoms with Gasteiger partial charge < -0.3 is 26.2 Å². The van der Waals surface area contributed by atoms with Gasteiger partial charge in [-0.05, 0) is 18.4 Å². The molecule has 2 rings (SSSR count). The fourth-order valence-electron chi connectivity index (χ4n) is 3.54. The van der Waals surface area contributed by atoms with E-state index in [1.54, 1.807) is 7.11 Å². The molecule has 1 fully saturated rings. The van der Waals surface area contributed by atoms with Crippen LogP contribution in [0.2, 0.25) is 0 Å². The molecule has 28 heavy (non-hydrogen) atoms. The normalized spacial score (nSPS) is 17.9. The van der Waals surface area contributed by atoms with E-state index in [1.165, 1.54) is 0 Å². The Kier molecular flexibility index (Phi) is 7.95. The number of benzene rings is 1. The smallest absolute Gasteiger partial charge is 0.305 e. The molecular formula is C20H29N3O5. The molecule has 0 saturated heterocycles.